The molecule has 0 spiro atoms. The van der Waals surface area contributed by atoms with Gasteiger partial charge in [0, 0.05) is 6.42 Å². The summed E-state index contributed by atoms with van der Waals surface area (Å²) in [5.41, 5.74) is 0.901. The van der Waals surface area contributed by atoms with Crippen molar-refractivity contribution in [2.45, 2.75) is 12.8 Å². The molecule has 0 aliphatic heterocycles. The van der Waals surface area contributed by atoms with Crippen LogP contribution in [0.15, 0.2) is 18.2 Å². The van der Waals surface area contributed by atoms with Gasteiger partial charge in [0.1, 0.15) is 5.75 Å². The van der Waals surface area contributed by atoms with Crippen molar-refractivity contribution >= 4 is 30.0 Å². The molecule has 0 aromatic heterocycles. The van der Waals surface area contributed by atoms with E-state index in [0.717, 1.165) is 5.56 Å². The zero-order valence-electron chi connectivity index (χ0n) is 8.20. The first-order valence-electron chi connectivity index (χ1n) is 4.17. The molecule has 1 rings (SSSR count). The predicted molar refractivity (Wildman–Crippen MR) is 61.2 cm³/mol. The summed E-state index contributed by atoms with van der Waals surface area (Å²) >= 11 is 5.87. The van der Waals surface area contributed by atoms with E-state index in [1.165, 1.54) is 7.11 Å². The summed E-state index contributed by atoms with van der Waals surface area (Å²) in [6, 6.07) is 5.27. The summed E-state index contributed by atoms with van der Waals surface area (Å²) in [5, 5.41) is 9.00. The highest BCUT2D eigenvalue weighted by Gasteiger charge is 2.03. The van der Waals surface area contributed by atoms with E-state index in [0.29, 0.717) is 17.2 Å². The van der Waals surface area contributed by atoms with E-state index in [4.69, 9.17) is 21.4 Å². The summed E-state index contributed by atoms with van der Waals surface area (Å²) in [6.07, 6.45) is 0.599. The van der Waals surface area contributed by atoms with Crippen molar-refractivity contribution in [3.63, 3.8) is 0 Å². The highest BCUT2D eigenvalue weighted by Crippen LogP contribution is 2.25. The van der Waals surface area contributed by atoms with Crippen LogP contribution in [0.4, 0.5) is 0 Å². The van der Waals surface area contributed by atoms with E-state index < -0.39 is 5.97 Å². The topological polar surface area (TPSA) is 46.5 Å². The number of carboxylic acid groups (broad SMARTS) is 1. The smallest absolute Gasteiger partial charge is 0.303 e. The lowest BCUT2D eigenvalue weighted by Gasteiger charge is -2.04. The Hall–Kier alpha value is -0.930. The number of methoxy groups -OCH3 is 1. The first-order chi connectivity index (χ1) is 6.63. The summed E-state index contributed by atoms with van der Waals surface area (Å²) in [7, 11) is 1.54. The first-order valence-corrected chi connectivity index (χ1v) is 4.55. The molecule has 0 heterocycles. The molecule has 0 unspecified atom stereocenters. The molecule has 0 saturated heterocycles. The molecular weight excluding hydrogens is 239 g/mol. The maximum atomic E-state index is 10.3. The van der Waals surface area contributed by atoms with Crippen LogP contribution >= 0.6 is 24.0 Å². The van der Waals surface area contributed by atoms with Crippen molar-refractivity contribution in [3.05, 3.63) is 28.8 Å². The third kappa shape index (κ3) is 4.40. The van der Waals surface area contributed by atoms with Crippen LogP contribution < -0.4 is 4.74 Å². The second-order valence-corrected chi connectivity index (χ2v) is 3.27. The average Bonchev–Trinajstić information content (AvgIpc) is 2.15. The Labute approximate surface area is 99.4 Å². The van der Waals surface area contributed by atoms with Gasteiger partial charge in [-0.15, -0.1) is 12.4 Å². The average molecular weight is 251 g/mol. The van der Waals surface area contributed by atoms with Gasteiger partial charge >= 0.3 is 5.97 Å². The van der Waals surface area contributed by atoms with Crippen molar-refractivity contribution in [2.75, 3.05) is 7.11 Å². The molecule has 0 aliphatic rings. The Balaban J connectivity index is 0.00000196. The second kappa shape index (κ2) is 6.53. The molecule has 15 heavy (non-hydrogen) atoms. The van der Waals surface area contributed by atoms with Crippen molar-refractivity contribution in [1.29, 1.82) is 0 Å². The Bertz CT molecular complexity index is 339. The number of carbonyl (C=O) groups is 1. The largest absolute Gasteiger partial charge is 0.495 e. The fraction of sp³-hybridized carbons (Fsp3) is 0.300. The molecule has 0 saturated carbocycles. The molecule has 5 heteroatoms. The quantitative estimate of drug-likeness (QED) is 0.894. The highest BCUT2D eigenvalue weighted by molar-refractivity contribution is 6.32. The molecule has 1 N–H and O–H groups in total. The van der Waals surface area contributed by atoms with E-state index in [-0.39, 0.29) is 18.8 Å². The van der Waals surface area contributed by atoms with Crippen LogP contribution in [-0.4, -0.2) is 18.2 Å². The van der Waals surface area contributed by atoms with Gasteiger partial charge in [0.2, 0.25) is 0 Å². The Kier molecular flexibility index (Phi) is 6.13. The SMILES string of the molecule is COc1ccc(CCC(=O)O)cc1Cl.Cl. The monoisotopic (exact) mass is 250 g/mol. The Morgan fingerprint density at radius 2 is 2.20 bits per heavy atom. The van der Waals surface area contributed by atoms with Gasteiger partial charge in [0.15, 0.2) is 0 Å². The van der Waals surface area contributed by atoms with Crippen molar-refractivity contribution < 1.29 is 14.6 Å². The number of rotatable bonds is 4. The lowest BCUT2D eigenvalue weighted by Crippen LogP contribution is -1.97. The minimum absolute atomic E-state index is 0. The molecule has 0 aliphatic carbocycles. The lowest BCUT2D eigenvalue weighted by molar-refractivity contribution is -0.136. The van der Waals surface area contributed by atoms with E-state index in [9.17, 15) is 4.79 Å². The second-order valence-electron chi connectivity index (χ2n) is 2.86. The van der Waals surface area contributed by atoms with Gasteiger partial charge in [0.25, 0.3) is 0 Å². The third-order valence-electron chi connectivity index (χ3n) is 1.84. The van der Waals surface area contributed by atoms with Gasteiger partial charge in [-0.25, -0.2) is 0 Å². The number of halogens is 2. The van der Waals surface area contributed by atoms with E-state index in [1.54, 1.807) is 12.1 Å². The van der Waals surface area contributed by atoms with Crippen molar-refractivity contribution in [1.82, 2.24) is 0 Å². The molecule has 0 fully saturated rings. The van der Waals surface area contributed by atoms with Crippen LogP contribution in [0, 0.1) is 0 Å². The van der Waals surface area contributed by atoms with Gasteiger partial charge in [-0.2, -0.15) is 0 Å². The zero-order valence-corrected chi connectivity index (χ0v) is 9.77. The van der Waals surface area contributed by atoms with Crippen LogP contribution in [0.3, 0.4) is 0 Å². The zero-order chi connectivity index (χ0) is 10.6. The molecule has 1 aromatic carbocycles. The Morgan fingerprint density at radius 3 is 2.67 bits per heavy atom. The number of aliphatic carboxylic acids is 1. The maximum Gasteiger partial charge on any atom is 0.303 e. The molecule has 1 aromatic rings. The lowest BCUT2D eigenvalue weighted by atomic mass is 10.1. The normalized spacial score (nSPS) is 9.20. The number of hydrogen-bond acceptors (Lipinski definition) is 2. The minimum Gasteiger partial charge on any atom is -0.495 e. The fourth-order valence-electron chi connectivity index (χ4n) is 1.12. The standard InChI is InChI=1S/C10H11ClO3.ClH/c1-14-9-4-2-7(6-8(9)11)3-5-10(12)13;/h2,4,6H,3,5H2,1H3,(H,12,13);1H. The van der Waals surface area contributed by atoms with Gasteiger partial charge < -0.3 is 9.84 Å². The number of ether oxygens (including phenoxy) is 1. The number of hydrogen-bond donors (Lipinski definition) is 1. The maximum absolute atomic E-state index is 10.3. The molecule has 0 bridgehead atoms. The number of carboxylic acids is 1. The summed E-state index contributed by atoms with van der Waals surface area (Å²) in [5.74, 6) is -0.206. The predicted octanol–water partition coefficient (Wildman–Crippen LogP) is 2.79. The van der Waals surface area contributed by atoms with E-state index >= 15 is 0 Å². The molecule has 3 nitrogen and oxygen atoms in total. The molecular formula is C10H12Cl2O3. The first kappa shape index (κ1) is 14.1. The van der Waals surface area contributed by atoms with Crippen LogP contribution in [0.25, 0.3) is 0 Å². The van der Waals surface area contributed by atoms with Crippen LogP contribution in [0.1, 0.15) is 12.0 Å². The van der Waals surface area contributed by atoms with Crippen molar-refractivity contribution in [2.24, 2.45) is 0 Å². The van der Waals surface area contributed by atoms with Gasteiger partial charge in [-0.05, 0) is 24.1 Å². The van der Waals surface area contributed by atoms with E-state index in [2.05, 4.69) is 0 Å². The Morgan fingerprint density at radius 1 is 1.53 bits per heavy atom. The van der Waals surface area contributed by atoms with Gasteiger partial charge in [-0.3, -0.25) is 4.79 Å². The summed E-state index contributed by atoms with van der Waals surface area (Å²) in [6.45, 7) is 0. The number of aryl methyl sites for hydroxylation is 1. The molecule has 84 valence electrons. The van der Waals surface area contributed by atoms with Gasteiger partial charge in [-0.1, -0.05) is 17.7 Å². The third-order valence-corrected chi connectivity index (χ3v) is 2.14. The minimum atomic E-state index is -0.808. The van der Waals surface area contributed by atoms with E-state index in [1.807, 2.05) is 6.07 Å². The fourth-order valence-corrected chi connectivity index (χ4v) is 1.40. The molecule has 0 amide bonds. The summed E-state index contributed by atoms with van der Waals surface area (Å²) < 4.78 is 4.98. The van der Waals surface area contributed by atoms with Gasteiger partial charge in [0.05, 0.1) is 12.1 Å². The van der Waals surface area contributed by atoms with Crippen LogP contribution in [0.2, 0.25) is 5.02 Å². The summed E-state index contributed by atoms with van der Waals surface area (Å²) in [4.78, 5) is 10.3. The van der Waals surface area contributed by atoms with Crippen LogP contribution in [-0.2, 0) is 11.2 Å². The van der Waals surface area contributed by atoms with Crippen molar-refractivity contribution in [3.8, 4) is 5.75 Å². The number of benzene rings is 1. The highest BCUT2D eigenvalue weighted by atomic mass is 35.5. The van der Waals surface area contributed by atoms with Crippen LogP contribution in [0.5, 0.6) is 5.75 Å². The molecule has 0 atom stereocenters. The molecule has 0 radical (unpaired) electrons.